The summed E-state index contributed by atoms with van der Waals surface area (Å²) in [5, 5.41) is 7.14. The number of hydrogen-bond acceptors (Lipinski definition) is 4. The maximum absolute atomic E-state index is 12.2. The second-order valence-corrected chi connectivity index (χ2v) is 4.95. The molecule has 1 aliphatic heterocycles. The molecule has 1 atom stereocenters. The Morgan fingerprint density at radius 1 is 1.50 bits per heavy atom. The molecule has 2 aliphatic rings. The molecule has 1 saturated carbocycles. The normalized spacial score (nSPS) is 22.6. The Bertz CT molecular complexity index is 425. The zero-order valence-corrected chi connectivity index (χ0v) is 11.2. The van der Waals surface area contributed by atoms with Gasteiger partial charge in [-0.15, -0.1) is 12.4 Å². The number of nitrogens with one attached hydrogen (secondary N) is 1. The van der Waals surface area contributed by atoms with Gasteiger partial charge in [0.25, 0.3) is 5.91 Å². The van der Waals surface area contributed by atoms with Crippen molar-refractivity contribution in [1.82, 2.24) is 15.4 Å². The lowest BCUT2D eigenvalue weighted by molar-refractivity contribution is 0.0733. The Kier molecular flexibility index (Phi) is 3.92. The van der Waals surface area contributed by atoms with Gasteiger partial charge in [0.1, 0.15) is 5.76 Å². The number of hydrogen-bond donors (Lipinski definition) is 1. The zero-order valence-electron chi connectivity index (χ0n) is 10.4. The average Bonchev–Trinajstić information content (AvgIpc) is 2.87. The molecule has 2 fully saturated rings. The highest BCUT2D eigenvalue weighted by atomic mass is 35.5. The van der Waals surface area contributed by atoms with Crippen LogP contribution in [-0.2, 0) is 0 Å². The van der Waals surface area contributed by atoms with E-state index in [1.54, 1.807) is 11.0 Å². The fourth-order valence-corrected chi connectivity index (χ4v) is 2.27. The number of rotatable bonds is 3. The van der Waals surface area contributed by atoms with Crippen LogP contribution in [0.25, 0.3) is 0 Å². The molecule has 1 unspecified atom stereocenters. The van der Waals surface area contributed by atoms with Gasteiger partial charge in [0.15, 0.2) is 5.69 Å². The number of likely N-dealkylation sites (N-methyl/N-ethyl adjacent to an activating group) is 1. The number of nitrogens with zero attached hydrogens (tertiary/aromatic N) is 2. The molecule has 0 spiro atoms. The van der Waals surface area contributed by atoms with E-state index in [0.717, 1.165) is 38.1 Å². The molecule has 1 aromatic rings. The molecule has 0 radical (unpaired) electrons. The van der Waals surface area contributed by atoms with Crippen LogP contribution in [-0.4, -0.2) is 42.1 Å². The van der Waals surface area contributed by atoms with Crippen molar-refractivity contribution in [2.24, 2.45) is 0 Å². The summed E-state index contributed by atoms with van der Waals surface area (Å²) in [5.74, 6) is 1.34. The first-order chi connectivity index (χ1) is 8.25. The van der Waals surface area contributed by atoms with E-state index >= 15 is 0 Å². The number of amides is 1. The maximum atomic E-state index is 12.2. The van der Waals surface area contributed by atoms with Gasteiger partial charge in [-0.2, -0.15) is 0 Å². The van der Waals surface area contributed by atoms with Gasteiger partial charge < -0.3 is 14.7 Å². The van der Waals surface area contributed by atoms with E-state index in [0.29, 0.717) is 11.6 Å². The van der Waals surface area contributed by atoms with Crippen molar-refractivity contribution in [1.29, 1.82) is 0 Å². The summed E-state index contributed by atoms with van der Waals surface area (Å²) in [6, 6.07) is 2.09. The van der Waals surface area contributed by atoms with Crippen molar-refractivity contribution in [2.75, 3.05) is 20.1 Å². The standard InChI is InChI=1S/C12H17N3O2.ClH/c1-15(9-4-5-13-7-9)12(16)10-6-11(17-14-10)8-2-3-8;/h6,8-9,13H,2-5,7H2,1H3;1H. The Morgan fingerprint density at radius 3 is 2.89 bits per heavy atom. The maximum Gasteiger partial charge on any atom is 0.276 e. The third-order valence-electron chi connectivity index (χ3n) is 3.63. The van der Waals surface area contributed by atoms with Gasteiger partial charge in [-0.25, -0.2) is 0 Å². The monoisotopic (exact) mass is 271 g/mol. The molecule has 1 saturated heterocycles. The predicted molar refractivity (Wildman–Crippen MR) is 69.1 cm³/mol. The van der Waals surface area contributed by atoms with Gasteiger partial charge in [-0.05, 0) is 25.8 Å². The van der Waals surface area contributed by atoms with Crippen LogP contribution < -0.4 is 5.32 Å². The van der Waals surface area contributed by atoms with Crippen LogP contribution in [0.1, 0.15) is 41.4 Å². The van der Waals surface area contributed by atoms with Crippen LogP contribution in [0.3, 0.4) is 0 Å². The van der Waals surface area contributed by atoms with Gasteiger partial charge in [0.2, 0.25) is 0 Å². The predicted octanol–water partition coefficient (Wildman–Crippen LogP) is 1.41. The zero-order chi connectivity index (χ0) is 11.8. The Labute approximate surface area is 112 Å². The lowest BCUT2D eigenvalue weighted by Crippen LogP contribution is -2.38. The van der Waals surface area contributed by atoms with Crippen molar-refractivity contribution in [3.05, 3.63) is 17.5 Å². The molecule has 1 aromatic heterocycles. The molecular weight excluding hydrogens is 254 g/mol. The molecule has 1 amide bonds. The van der Waals surface area contributed by atoms with Crippen LogP contribution in [0, 0.1) is 0 Å². The second-order valence-electron chi connectivity index (χ2n) is 4.95. The van der Waals surface area contributed by atoms with E-state index < -0.39 is 0 Å². The fourth-order valence-electron chi connectivity index (χ4n) is 2.27. The molecule has 0 bridgehead atoms. The van der Waals surface area contributed by atoms with E-state index in [4.69, 9.17) is 4.52 Å². The van der Waals surface area contributed by atoms with Crippen LogP contribution in [0.4, 0.5) is 0 Å². The number of aromatic nitrogens is 1. The topological polar surface area (TPSA) is 58.4 Å². The summed E-state index contributed by atoms with van der Waals surface area (Å²) in [6.07, 6.45) is 3.33. The van der Waals surface area contributed by atoms with Crippen LogP contribution in [0.2, 0.25) is 0 Å². The van der Waals surface area contributed by atoms with Crippen molar-refractivity contribution in [3.63, 3.8) is 0 Å². The lowest BCUT2D eigenvalue weighted by Gasteiger charge is -2.22. The van der Waals surface area contributed by atoms with E-state index in [-0.39, 0.29) is 24.4 Å². The third-order valence-corrected chi connectivity index (χ3v) is 3.63. The van der Waals surface area contributed by atoms with Crippen molar-refractivity contribution < 1.29 is 9.32 Å². The quantitative estimate of drug-likeness (QED) is 0.903. The smallest absolute Gasteiger partial charge is 0.276 e. The van der Waals surface area contributed by atoms with Crippen molar-refractivity contribution in [3.8, 4) is 0 Å². The number of carbonyl (C=O) groups excluding carboxylic acids is 1. The molecule has 6 heteroatoms. The fraction of sp³-hybridized carbons (Fsp3) is 0.667. The Balaban J connectivity index is 0.00000120. The summed E-state index contributed by atoms with van der Waals surface area (Å²) in [7, 11) is 1.84. The highest BCUT2D eigenvalue weighted by Crippen LogP contribution is 2.40. The Hall–Kier alpha value is -1.07. The first-order valence-corrected chi connectivity index (χ1v) is 6.20. The summed E-state index contributed by atoms with van der Waals surface area (Å²) in [4.78, 5) is 13.9. The molecular formula is C12H18ClN3O2. The molecule has 18 heavy (non-hydrogen) atoms. The highest BCUT2D eigenvalue weighted by Gasteiger charge is 2.31. The summed E-state index contributed by atoms with van der Waals surface area (Å²) in [5.41, 5.74) is 0.446. The van der Waals surface area contributed by atoms with E-state index in [9.17, 15) is 4.79 Å². The van der Waals surface area contributed by atoms with E-state index in [2.05, 4.69) is 10.5 Å². The second kappa shape index (κ2) is 5.28. The first-order valence-electron chi connectivity index (χ1n) is 6.20. The lowest BCUT2D eigenvalue weighted by atomic mass is 10.2. The molecule has 1 N–H and O–H groups in total. The third kappa shape index (κ3) is 2.52. The van der Waals surface area contributed by atoms with Gasteiger partial charge in [0.05, 0.1) is 0 Å². The van der Waals surface area contributed by atoms with Crippen molar-refractivity contribution >= 4 is 18.3 Å². The minimum Gasteiger partial charge on any atom is -0.360 e. The summed E-state index contributed by atoms with van der Waals surface area (Å²) < 4.78 is 5.21. The molecule has 5 nitrogen and oxygen atoms in total. The molecule has 1 aliphatic carbocycles. The molecule has 3 rings (SSSR count). The molecule has 2 heterocycles. The highest BCUT2D eigenvalue weighted by molar-refractivity contribution is 5.92. The van der Waals surface area contributed by atoms with Gasteiger partial charge in [-0.3, -0.25) is 4.79 Å². The number of carbonyl (C=O) groups is 1. The van der Waals surface area contributed by atoms with E-state index in [1.165, 1.54) is 0 Å². The van der Waals surface area contributed by atoms with Crippen LogP contribution in [0.5, 0.6) is 0 Å². The largest absolute Gasteiger partial charge is 0.360 e. The van der Waals surface area contributed by atoms with Gasteiger partial charge in [0, 0.05) is 31.6 Å². The first kappa shape index (κ1) is 13.4. The Morgan fingerprint density at radius 2 is 2.28 bits per heavy atom. The SMILES string of the molecule is CN(C(=O)c1cc(C2CC2)on1)C1CCNC1.Cl. The summed E-state index contributed by atoms with van der Waals surface area (Å²) >= 11 is 0. The van der Waals surface area contributed by atoms with E-state index in [1.807, 2.05) is 7.05 Å². The minimum absolute atomic E-state index is 0. The van der Waals surface area contributed by atoms with Gasteiger partial charge >= 0.3 is 0 Å². The van der Waals surface area contributed by atoms with Gasteiger partial charge in [-0.1, -0.05) is 5.16 Å². The summed E-state index contributed by atoms with van der Waals surface area (Å²) in [6.45, 7) is 1.85. The number of halogens is 1. The van der Waals surface area contributed by atoms with Crippen LogP contribution in [0.15, 0.2) is 10.6 Å². The molecule has 0 aromatic carbocycles. The van der Waals surface area contributed by atoms with Crippen molar-refractivity contribution in [2.45, 2.75) is 31.2 Å². The molecule has 100 valence electrons. The average molecular weight is 272 g/mol. The minimum atomic E-state index is -0.0330. The van der Waals surface area contributed by atoms with Crippen LogP contribution >= 0.6 is 12.4 Å².